The van der Waals surface area contributed by atoms with Gasteiger partial charge in [0.15, 0.2) is 0 Å². The molecule has 2 N–H and O–H groups in total. The van der Waals surface area contributed by atoms with Crippen LogP contribution in [0.5, 0.6) is 5.75 Å². The zero-order valence-electron chi connectivity index (χ0n) is 12.5. The first kappa shape index (κ1) is 14.4. The summed E-state index contributed by atoms with van der Waals surface area (Å²) in [6, 6.07) is 5.21. The highest BCUT2D eigenvalue weighted by atomic mass is 16.5. The van der Waals surface area contributed by atoms with Gasteiger partial charge in [0.2, 0.25) is 0 Å². The summed E-state index contributed by atoms with van der Waals surface area (Å²) >= 11 is 0. The highest BCUT2D eigenvalue weighted by Crippen LogP contribution is 2.30. The Morgan fingerprint density at radius 1 is 1.26 bits per heavy atom. The van der Waals surface area contributed by atoms with Gasteiger partial charge in [0, 0.05) is 12.1 Å². The van der Waals surface area contributed by atoms with E-state index in [1.807, 2.05) is 0 Å². The number of methoxy groups -OCH3 is 1. The average Bonchev–Trinajstić information content (AvgIpc) is 2.45. The molecule has 0 amide bonds. The molecule has 0 aliphatic carbocycles. The van der Waals surface area contributed by atoms with Gasteiger partial charge in [-0.2, -0.15) is 0 Å². The fourth-order valence-corrected chi connectivity index (χ4v) is 3.11. The van der Waals surface area contributed by atoms with Crippen LogP contribution >= 0.6 is 0 Å². The van der Waals surface area contributed by atoms with Gasteiger partial charge < -0.3 is 15.4 Å². The lowest BCUT2D eigenvalue weighted by Crippen LogP contribution is -2.43. The van der Waals surface area contributed by atoms with Crippen LogP contribution in [-0.2, 0) is 0 Å². The molecule has 1 aromatic rings. The Kier molecular flexibility index (Phi) is 4.83. The van der Waals surface area contributed by atoms with E-state index in [2.05, 4.69) is 43.7 Å². The third-order valence-corrected chi connectivity index (χ3v) is 4.40. The van der Waals surface area contributed by atoms with Gasteiger partial charge in [-0.1, -0.05) is 12.5 Å². The van der Waals surface area contributed by atoms with E-state index in [1.54, 1.807) is 7.11 Å². The van der Waals surface area contributed by atoms with Crippen LogP contribution in [0.2, 0.25) is 0 Å². The summed E-state index contributed by atoms with van der Waals surface area (Å²) in [5, 5.41) is 7.14. The number of ether oxygens (including phenoxy) is 1. The molecule has 0 radical (unpaired) electrons. The predicted octanol–water partition coefficient (Wildman–Crippen LogP) is 2.71. The Balaban J connectivity index is 2.30. The largest absolute Gasteiger partial charge is 0.496 e. The zero-order chi connectivity index (χ0) is 13.8. The quantitative estimate of drug-likeness (QED) is 0.875. The molecule has 0 saturated carbocycles. The monoisotopic (exact) mass is 262 g/mol. The maximum Gasteiger partial charge on any atom is 0.122 e. The van der Waals surface area contributed by atoms with Gasteiger partial charge in [0.1, 0.15) is 5.75 Å². The number of benzene rings is 1. The number of hydrogen-bond donors (Lipinski definition) is 2. The standard InChI is InChI=1S/C16H26N2O/c1-11-12(2)15(19-4)9-8-13(11)16(17-3)14-7-5-6-10-18-14/h8-9,14,16-18H,5-7,10H2,1-4H3. The van der Waals surface area contributed by atoms with Crippen molar-refractivity contribution in [2.75, 3.05) is 20.7 Å². The molecule has 1 saturated heterocycles. The normalized spacial score (nSPS) is 21.2. The molecule has 1 aromatic carbocycles. The smallest absolute Gasteiger partial charge is 0.122 e. The molecule has 0 bridgehead atoms. The fraction of sp³-hybridized carbons (Fsp3) is 0.625. The number of hydrogen-bond acceptors (Lipinski definition) is 3. The van der Waals surface area contributed by atoms with Gasteiger partial charge in [-0.3, -0.25) is 0 Å². The second-order valence-electron chi connectivity index (χ2n) is 5.43. The Hall–Kier alpha value is -1.06. The van der Waals surface area contributed by atoms with Crippen LogP contribution in [-0.4, -0.2) is 26.7 Å². The van der Waals surface area contributed by atoms with Crippen molar-refractivity contribution in [3.63, 3.8) is 0 Å². The van der Waals surface area contributed by atoms with Crippen molar-refractivity contribution in [2.45, 2.75) is 45.2 Å². The molecule has 106 valence electrons. The van der Waals surface area contributed by atoms with Crippen molar-refractivity contribution in [3.05, 3.63) is 28.8 Å². The maximum absolute atomic E-state index is 5.40. The summed E-state index contributed by atoms with van der Waals surface area (Å²) in [7, 11) is 3.79. The summed E-state index contributed by atoms with van der Waals surface area (Å²) < 4.78 is 5.40. The van der Waals surface area contributed by atoms with Crippen LogP contribution in [0.3, 0.4) is 0 Å². The van der Waals surface area contributed by atoms with Crippen LogP contribution in [0.4, 0.5) is 0 Å². The Labute approximate surface area is 116 Å². The minimum absolute atomic E-state index is 0.380. The molecular formula is C16H26N2O. The number of piperidine rings is 1. The molecule has 3 heteroatoms. The summed E-state index contributed by atoms with van der Waals surface area (Å²) in [5.41, 5.74) is 3.97. The van der Waals surface area contributed by atoms with Crippen LogP contribution in [0.15, 0.2) is 12.1 Å². The van der Waals surface area contributed by atoms with Gasteiger partial charge >= 0.3 is 0 Å². The maximum atomic E-state index is 5.40. The molecule has 1 aliphatic heterocycles. The molecule has 1 aliphatic rings. The van der Waals surface area contributed by atoms with E-state index in [0.717, 1.165) is 12.3 Å². The molecule has 0 spiro atoms. The van der Waals surface area contributed by atoms with Gasteiger partial charge in [0.05, 0.1) is 7.11 Å². The summed E-state index contributed by atoms with van der Waals surface area (Å²) in [4.78, 5) is 0. The minimum Gasteiger partial charge on any atom is -0.496 e. The molecule has 0 aromatic heterocycles. The lowest BCUT2D eigenvalue weighted by molar-refractivity contribution is 0.325. The first-order valence-corrected chi connectivity index (χ1v) is 7.23. The van der Waals surface area contributed by atoms with Crippen molar-refractivity contribution in [2.24, 2.45) is 0 Å². The Morgan fingerprint density at radius 3 is 2.63 bits per heavy atom. The van der Waals surface area contributed by atoms with E-state index in [0.29, 0.717) is 12.1 Å². The molecule has 2 rings (SSSR count). The van der Waals surface area contributed by atoms with E-state index in [9.17, 15) is 0 Å². The van der Waals surface area contributed by atoms with Crippen LogP contribution < -0.4 is 15.4 Å². The topological polar surface area (TPSA) is 33.3 Å². The zero-order valence-corrected chi connectivity index (χ0v) is 12.5. The molecule has 1 fully saturated rings. The van der Waals surface area contributed by atoms with Crippen molar-refractivity contribution in [3.8, 4) is 5.75 Å². The number of likely N-dealkylation sites (N-methyl/N-ethyl adjacent to an activating group) is 1. The SMILES string of the molecule is CNC(c1ccc(OC)c(C)c1C)C1CCCCN1. The molecule has 19 heavy (non-hydrogen) atoms. The van der Waals surface area contributed by atoms with E-state index >= 15 is 0 Å². The second-order valence-corrected chi connectivity index (χ2v) is 5.43. The van der Waals surface area contributed by atoms with Crippen molar-refractivity contribution in [1.29, 1.82) is 0 Å². The molecular weight excluding hydrogens is 236 g/mol. The van der Waals surface area contributed by atoms with Gasteiger partial charge in [-0.05, 0) is 63.0 Å². The first-order valence-electron chi connectivity index (χ1n) is 7.23. The third-order valence-electron chi connectivity index (χ3n) is 4.40. The average molecular weight is 262 g/mol. The summed E-state index contributed by atoms with van der Waals surface area (Å²) in [6.07, 6.45) is 3.87. The molecule has 1 heterocycles. The summed E-state index contributed by atoms with van der Waals surface area (Å²) in [6.45, 7) is 5.47. The van der Waals surface area contributed by atoms with Crippen molar-refractivity contribution < 1.29 is 4.74 Å². The predicted molar refractivity (Wildman–Crippen MR) is 79.9 cm³/mol. The lowest BCUT2D eigenvalue weighted by atomic mass is 9.88. The van der Waals surface area contributed by atoms with Crippen molar-refractivity contribution >= 4 is 0 Å². The fourth-order valence-electron chi connectivity index (χ4n) is 3.11. The number of rotatable bonds is 4. The van der Waals surface area contributed by atoms with Gasteiger partial charge in [0.25, 0.3) is 0 Å². The molecule has 2 unspecified atom stereocenters. The van der Waals surface area contributed by atoms with Crippen LogP contribution in [0, 0.1) is 13.8 Å². The second kappa shape index (κ2) is 6.40. The van der Waals surface area contributed by atoms with Crippen LogP contribution in [0.25, 0.3) is 0 Å². The lowest BCUT2D eigenvalue weighted by Gasteiger charge is -2.33. The minimum atomic E-state index is 0.380. The van der Waals surface area contributed by atoms with Crippen molar-refractivity contribution in [1.82, 2.24) is 10.6 Å². The molecule has 3 nitrogen and oxygen atoms in total. The Bertz CT molecular complexity index is 425. The van der Waals surface area contributed by atoms with Gasteiger partial charge in [-0.25, -0.2) is 0 Å². The highest BCUT2D eigenvalue weighted by molar-refractivity contribution is 5.45. The third kappa shape index (κ3) is 2.93. The molecule has 2 atom stereocenters. The van der Waals surface area contributed by atoms with Gasteiger partial charge in [-0.15, -0.1) is 0 Å². The highest BCUT2D eigenvalue weighted by Gasteiger charge is 2.25. The van der Waals surface area contributed by atoms with E-state index in [-0.39, 0.29) is 0 Å². The Morgan fingerprint density at radius 2 is 2.05 bits per heavy atom. The summed E-state index contributed by atoms with van der Waals surface area (Å²) in [5.74, 6) is 0.979. The van der Waals surface area contributed by atoms with Crippen LogP contribution in [0.1, 0.15) is 42.0 Å². The van der Waals surface area contributed by atoms with E-state index in [1.165, 1.54) is 36.0 Å². The number of nitrogens with one attached hydrogen (secondary N) is 2. The first-order chi connectivity index (χ1) is 9.19. The van der Waals surface area contributed by atoms with E-state index in [4.69, 9.17) is 4.74 Å². The van der Waals surface area contributed by atoms with E-state index < -0.39 is 0 Å².